The number of hydrogen-bond donors (Lipinski definition) is 1. The third-order valence-electron chi connectivity index (χ3n) is 4.61. The maximum atomic E-state index is 12.9. The molecule has 1 atom stereocenters. The van der Waals surface area contributed by atoms with Crippen LogP contribution in [0.15, 0.2) is 0 Å². The van der Waals surface area contributed by atoms with E-state index in [1.54, 1.807) is 0 Å². The topological polar surface area (TPSA) is 32.3 Å². The molecule has 0 radical (unpaired) electrons. The third-order valence-corrected chi connectivity index (χ3v) is 4.61. The molecule has 2 fully saturated rings. The lowest BCUT2D eigenvalue weighted by atomic mass is 9.78. The second kappa shape index (κ2) is 5.20. The maximum absolute atomic E-state index is 12.9. The van der Waals surface area contributed by atoms with Crippen molar-refractivity contribution in [2.24, 2.45) is 10.8 Å². The number of hydrogen-bond acceptors (Lipinski definition) is 2. The van der Waals surface area contributed by atoms with Crippen LogP contribution in [0.2, 0.25) is 0 Å². The molecule has 0 saturated carbocycles. The number of nitrogens with zero attached hydrogens (tertiary/aromatic N) is 1. The molecule has 0 aromatic heterocycles. The molecule has 2 saturated heterocycles. The average molecular weight is 252 g/mol. The second-order valence-corrected chi connectivity index (χ2v) is 6.95. The van der Waals surface area contributed by atoms with E-state index in [1.807, 2.05) is 0 Å². The van der Waals surface area contributed by atoms with E-state index in [0.717, 1.165) is 51.9 Å². The molecule has 104 valence electrons. The molecular weight excluding hydrogens is 224 g/mol. The summed E-state index contributed by atoms with van der Waals surface area (Å²) in [4.78, 5) is 15.0. The van der Waals surface area contributed by atoms with Gasteiger partial charge in [-0.05, 0) is 37.6 Å². The number of amides is 1. The highest BCUT2D eigenvalue weighted by molar-refractivity contribution is 5.83. The van der Waals surface area contributed by atoms with E-state index in [2.05, 4.69) is 31.0 Å². The first kappa shape index (κ1) is 13.9. The van der Waals surface area contributed by atoms with Gasteiger partial charge >= 0.3 is 0 Å². The van der Waals surface area contributed by atoms with Crippen molar-refractivity contribution in [2.45, 2.75) is 52.9 Å². The fraction of sp³-hybridized carbons (Fsp3) is 0.933. The zero-order chi connectivity index (χ0) is 13.2. The predicted molar refractivity (Wildman–Crippen MR) is 74.4 cm³/mol. The van der Waals surface area contributed by atoms with Crippen LogP contribution in [-0.2, 0) is 4.79 Å². The Labute approximate surface area is 111 Å². The number of piperidine rings is 1. The zero-order valence-electron chi connectivity index (χ0n) is 12.2. The van der Waals surface area contributed by atoms with E-state index in [4.69, 9.17) is 0 Å². The highest BCUT2D eigenvalue weighted by Crippen LogP contribution is 2.36. The van der Waals surface area contributed by atoms with E-state index < -0.39 is 0 Å². The van der Waals surface area contributed by atoms with Crippen molar-refractivity contribution < 1.29 is 4.79 Å². The minimum atomic E-state index is -0.0951. The molecule has 0 spiro atoms. The normalized spacial score (nSPS) is 31.6. The first-order valence-electron chi connectivity index (χ1n) is 7.49. The lowest BCUT2D eigenvalue weighted by Gasteiger charge is -2.42. The van der Waals surface area contributed by atoms with Crippen LogP contribution < -0.4 is 5.32 Å². The van der Waals surface area contributed by atoms with Gasteiger partial charge in [-0.15, -0.1) is 0 Å². The van der Waals surface area contributed by atoms with Gasteiger partial charge in [0.05, 0.1) is 5.41 Å². The van der Waals surface area contributed by atoms with Crippen molar-refractivity contribution in [3.05, 3.63) is 0 Å². The Morgan fingerprint density at radius 1 is 1.33 bits per heavy atom. The smallest absolute Gasteiger partial charge is 0.230 e. The summed E-state index contributed by atoms with van der Waals surface area (Å²) in [5.74, 6) is 0.419. The van der Waals surface area contributed by atoms with Crippen molar-refractivity contribution in [3.8, 4) is 0 Å². The first-order chi connectivity index (χ1) is 8.49. The third kappa shape index (κ3) is 2.71. The molecule has 2 rings (SSSR count). The van der Waals surface area contributed by atoms with Crippen LogP contribution >= 0.6 is 0 Å². The van der Waals surface area contributed by atoms with E-state index in [1.165, 1.54) is 6.42 Å². The van der Waals surface area contributed by atoms with Gasteiger partial charge in [0.25, 0.3) is 0 Å². The molecule has 0 aliphatic carbocycles. The van der Waals surface area contributed by atoms with Crippen LogP contribution in [-0.4, -0.2) is 37.0 Å². The summed E-state index contributed by atoms with van der Waals surface area (Å²) < 4.78 is 0. The fourth-order valence-electron chi connectivity index (χ4n) is 3.66. The molecule has 2 aliphatic heterocycles. The van der Waals surface area contributed by atoms with Gasteiger partial charge in [0.1, 0.15) is 0 Å². The first-order valence-corrected chi connectivity index (χ1v) is 7.49. The van der Waals surface area contributed by atoms with Gasteiger partial charge in [-0.2, -0.15) is 0 Å². The lowest BCUT2D eigenvalue weighted by Crippen LogP contribution is -2.51. The van der Waals surface area contributed by atoms with Crippen LogP contribution in [0.1, 0.15) is 52.9 Å². The van der Waals surface area contributed by atoms with Gasteiger partial charge in [0.2, 0.25) is 5.91 Å². The fourth-order valence-corrected chi connectivity index (χ4v) is 3.66. The standard InChI is InChI=1S/C15H28N2O/c1-4-6-15(8-9-16-11-15)13(18)17-10-5-7-14(2,3)12-17/h16H,4-12H2,1-3H3. The molecule has 0 bridgehead atoms. The van der Waals surface area contributed by atoms with E-state index in [0.29, 0.717) is 11.3 Å². The van der Waals surface area contributed by atoms with Gasteiger partial charge in [-0.3, -0.25) is 4.79 Å². The van der Waals surface area contributed by atoms with E-state index >= 15 is 0 Å². The quantitative estimate of drug-likeness (QED) is 0.836. The van der Waals surface area contributed by atoms with E-state index in [9.17, 15) is 4.79 Å². The molecule has 18 heavy (non-hydrogen) atoms. The molecule has 0 aromatic carbocycles. The largest absolute Gasteiger partial charge is 0.342 e. The van der Waals surface area contributed by atoms with Crippen molar-refractivity contribution in [3.63, 3.8) is 0 Å². The SMILES string of the molecule is CCCC1(C(=O)N2CCCC(C)(C)C2)CCNC1. The average Bonchev–Trinajstić information content (AvgIpc) is 2.77. The minimum absolute atomic E-state index is 0.0951. The molecule has 2 heterocycles. The minimum Gasteiger partial charge on any atom is -0.342 e. The molecule has 0 aromatic rings. The molecule has 1 amide bonds. The Morgan fingerprint density at radius 2 is 2.11 bits per heavy atom. The number of nitrogens with one attached hydrogen (secondary N) is 1. The summed E-state index contributed by atoms with van der Waals surface area (Å²) in [6, 6.07) is 0. The highest BCUT2D eigenvalue weighted by atomic mass is 16.2. The summed E-state index contributed by atoms with van der Waals surface area (Å²) in [6.07, 6.45) is 5.57. The Morgan fingerprint density at radius 3 is 2.67 bits per heavy atom. The zero-order valence-corrected chi connectivity index (χ0v) is 12.2. The molecule has 3 nitrogen and oxygen atoms in total. The van der Waals surface area contributed by atoms with Crippen LogP contribution in [0.25, 0.3) is 0 Å². The van der Waals surface area contributed by atoms with Crippen molar-refractivity contribution in [1.29, 1.82) is 0 Å². The second-order valence-electron chi connectivity index (χ2n) is 6.95. The monoisotopic (exact) mass is 252 g/mol. The maximum Gasteiger partial charge on any atom is 0.230 e. The van der Waals surface area contributed by atoms with Crippen LogP contribution in [0.5, 0.6) is 0 Å². The number of carbonyl (C=O) groups excluding carboxylic acids is 1. The molecule has 1 N–H and O–H groups in total. The van der Waals surface area contributed by atoms with Crippen molar-refractivity contribution in [2.75, 3.05) is 26.2 Å². The van der Waals surface area contributed by atoms with Crippen LogP contribution in [0, 0.1) is 10.8 Å². The molecule has 3 heteroatoms. The Balaban J connectivity index is 2.09. The summed E-state index contributed by atoms with van der Waals surface area (Å²) in [5.41, 5.74) is 0.204. The number of likely N-dealkylation sites (tertiary alicyclic amines) is 1. The highest BCUT2D eigenvalue weighted by Gasteiger charge is 2.44. The summed E-state index contributed by atoms with van der Waals surface area (Å²) in [5, 5.41) is 3.39. The molecule has 2 aliphatic rings. The Hall–Kier alpha value is -0.570. The summed E-state index contributed by atoms with van der Waals surface area (Å²) in [6.45, 7) is 10.6. The Kier molecular flexibility index (Phi) is 4.00. The Bertz CT molecular complexity index is 306. The van der Waals surface area contributed by atoms with Crippen molar-refractivity contribution >= 4 is 5.91 Å². The number of carbonyl (C=O) groups is 1. The number of rotatable bonds is 3. The van der Waals surface area contributed by atoms with Gasteiger partial charge < -0.3 is 10.2 Å². The molecule has 1 unspecified atom stereocenters. The van der Waals surface area contributed by atoms with Gasteiger partial charge in [-0.25, -0.2) is 0 Å². The van der Waals surface area contributed by atoms with Gasteiger partial charge in [0.15, 0.2) is 0 Å². The van der Waals surface area contributed by atoms with Gasteiger partial charge in [-0.1, -0.05) is 27.2 Å². The summed E-state index contributed by atoms with van der Waals surface area (Å²) >= 11 is 0. The summed E-state index contributed by atoms with van der Waals surface area (Å²) in [7, 11) is 0. The predicted octanol–water partition coefficient (Wildman–Crippen LogP) is 2.41. The van der Waals surface area contributed by atoms with Crippen LogP contribution in [0.3, 0.4) is 0 Å². The van der Waals surface area contributed by atoms with E-state index in [-0.39, 0.29) is 5.41 Å². The molecular formula is C15H28N2O. The van der Waals surface area contributed by atoms with Crippen LogP contribution in [0.4, 0.5) is 0 Å². The van der Waals surface area contributed by atoms with Gasteiger partial charge in [0, 0.05) is 19.6 Å². The lowest BCUT2D eigenvalue weighted by molar-refractivity contribution is -0.144. The van der Waals surface area contributed by atoms with Crippen molar-refractivity contribution in [1.82, 2.24) is 10.2 Å².